The molecule has 0 fully saturated rings. The highest BCUT2D eigenvalue weighted by Gasteiger charge is 2.20. The lowest BCUT2D eigenvalue weighted by atomic mass is 10.1. The van der Waals surface area contributed by atoms with Gasteiger partial charge in [0.2, 0.25) is 0 Å². The van der Waals surface area contributed by atoms with Crippen molar-refractivity contribution in [3.8, 4) is 0 Å². The molecular formula is C52H96NO7P. The van der Waals surface area contributed by atoms with Gasteiger partial charge in [0, 0.05) is 13.0 Å². The second kappa shape index (κ2) is 44.8. The Morgan fingerprint density at radius 1 is 0.525 bits per heavy atom. The molecule has 9 heteroatoms. The number of ether oxygens (including phenoxy) is 2. The molecule has 0 amide bonds. The third kappa shape index (κ3) is 49.1. The first-order valence-electron chi connectivity index (χ1n) is 25.0. The number of esters is 1. The molecule has 0 spiro atoms. The van der Waals surface area contributed by atoms with Gasteiger partial charge in [-0.25, -0.2) is 0 Å². The van der Waals surface area contributed by atoms with E-state index in [0.717, 1.165) is 64.2 Å². The van der Waals surface area contributed by atoms with E-state index in [-0.39, 0.29) is 25.8 Å². The molecule has 0 aromatic rings. The summed E-state index contributed by atoms with van der Waals surface area (Å²) in [7, 11) is 1.34. The van der Waals surface area contributed by atoms with E-state index in [4.69, 9.17) is 18.5 Å². The first kappa shape index (κ1) is 59.2. The van der Waals surface area contributed by atoms with E-state index in [1.807, 2.05) is 21.1 Å². The summed E-state index contributed by atoms with van der Waals surface area (Å²) < 4.78 is 34.7. The molecule has 2 unspecified atom stereocenters. The molecule has 0 aromatic heterocycles. The molecule has 0 bridgehead atoms. The highest BCUT2D eigenvalue weighted by Crippen LogP contribution is 2.38. The zero-order chi connectivity index (χ0) is 44.8. The molecule has 0 aromatic carbocycles. The number of nitrogens with zero attached hydrogens (tertiary/aromatic N) is 1. The molecule has 0 N–H and O–H groups in total. The van der Waals surface area contributed by atoms with Crippen molar-refractivity contribution in [2.45, 2.75) is 213 Å². The Morgan fingerprint density at radius 2 is 0.951 bits per heavy atom. The third-order valence-corrected chi connectivity index (χ3v) is 11.5. The molecule has 0 saturated heterocycles. The third-order valence-electron chi connectivity index (χ3n) is 10.6. The number of hydrogen-bond acceptors (Lipinski definition) is 7. The summed E-state index contributed by atoms with van der Waals surface area (Å²) >= 11 is 0. The van der Waals surface area contributed by atoms with E-state index in [0.29, 0.717) is 24.1 Å². The predicted molar refractivity (Wildman–Crippen MR) is 259 cm³/mol. The zero-order valence-electron chi connectivity index (χ0n) is 40.4. The van der Waals surface area contributed by atoms with Gasteiger partial charge in [0.25, 0.3) is 7.82 Å². The fourth-order valence-corrected chi connectivity index (χ4v) is 7.44. The van der Waals surface area contributed by atoms with E-state index in [1.165, 1.54) is 122 Å². The Labute approximate surface area is 377 Å². The fraction of sp³-hybridized carbons (Fsp3) is 0.788. The van der Waals surface area contributed by atoms with Crippen LogP contribution in [0.3, 0.4) is 0 Å². The molecule has 0 saturated carbocycles. The van der Waals surface area contributed by atoms with E-state index >= 15 is 0 Å². The van der Waals surface area contributed by atoms with E-state index in [9.17, 15) is 14.3 Å². The number of phosphoric acid groups is 1. The number of rotatable bonds is 46. The zero-order valence-corrected chi connectivity index (χ0v) is 41.2. The minimum absolute atomic E-state index is 0.0212. The number of unbranched alkanes of at least 4 members (excludes halogenated alkanes) is 22. The Balaban J connectivity index is 4.16. The van der Waals surface area contributed by atoms with Crippen LogP contribution in [0.4, 0.5) is 0 Å². The smallest absolute Gasteiger partial charge is 0.306 e. The van der Waals surface area contributed by atoms with Crippen LogP contribution in [0, 0.1) is 0 Å². The molecule has 2 atom stereocenters. The molecule has 0 aliphatic carbocycles. The maximum absolute atomic E-state index is 12.7. The van der Waals surface area contributed by atoms with Crippen molar-refractivity contribution in [1.82, 2.24) is 0 Å². The Kier molecular flexibility index (Phi) is 43.5. The van der Waals surface area contributed by atoms with Crippen molar-refractivity contribution >= 4 is 13.8 Å². The number of phosphoric ester groups is 1. The number of hydrogen-bond donors (Lipinski definition) is 0. The summed E-state index contributed by atoms with van der Waals surface area (Å²) in [5.74, 6) is -0.346. The second-order valence-corrected chi connectivity index (χ2v) is 19.2. The van der Waals surface area contributed by atoms with Crippen molar-refractivity contribution in [2.75, 3.05) is 54.1 Å². The van der Waals surface area contributed by atoms with Crippen LogP contribution in [0.5, 0.6) is 0 Å². The topological polar surface area (TPSA) is 94.1 Å². The Hall–Kier alpha value is -1.80. The minimum Gasteiger partial charge on any atom is -0.756 e. The summed E-state index contributed by atoms with van der Waals surface area (Å²) in [6, 6.07) is 0. The van der Waals surface area contributed by atoms with Crippen molar-refractivity contribution in [1.29, 1.82) is 0 Å². The molecular weight excluding hydrogens is 782 g/mol. The van der Waals surface area contributed by atoms with Crippen molar-refractivity contribution in [3.05, 3.63) is 60.8 Å². The standard InChI is InChI=1S/C52H96NO7P/c1-6-8-10-12-14-16-18-20-22-24-25-26-27-28-30-32-34-36-38-40-42-44-47-57-49-51(50-59-61(55,56)58-48-46-53(3,4)5)60-52(54)45-43-41-39-37-35-33-31-29-23-21-19-17-15-13-11-9-7-2/h9,11,15,17-18,20-21,23-25,51H,6-8,10,12-14,16,19,22,26-50H2,1-5H3/b11-9-,17-15-,20-18-,23-21-,25-24-. The molecule has 0 rings (SSSR count). The SMILES string of the molecule is CC/C=C\C/C=C\C/C=C\CCCCCCCCCC(=O)OC(COCCCCCCCCCCCC/C=C\C/C=C\CCCCCCC)COP(=O)([O-])OCC[N+](C)(C)C. The van der Waals surface area contributed by atoms with Gasteiger partial charge in [-0.05, 0) is 77.0 Å². The highest BCUT2D eigenvalue weighted by atomic mass is 31.2. The maximum Gasteiger partial charge on any atom is 0.306 e. The van der Waals surface area contributed by atoms with Gasteiger partial charge in [-0.1, -0.05) is 184 Å². The maximum atomic E-state index is 12.7. The molecule has 0 heterocycles. The molecule has 0 aliphatic heterocycles. The summed E-state index contributed by atoms with van der Waals surface area (Å²) in [6.45, 7) is 5.28. The monoisotopic (exact) mass is 878 g/mol. The lowest BCUT2D eigenvalue weighted by Crippen LogP contribution is -2.37. The van der Waals surface area contributed by atoms with Gasteiger partial charge in [0.15, 0.2) is 0 Å². The van der Waals surface area contributed by atoms with Gasteiger partial charge in [-0.15, -0.1) is 0 Å². The average Bonchev–Trinajstić information content (AvgIpc) is 3.22. The summed E-state index contributed by atoms with van der Waals surface area (Å²) in [4.78, 5) is 25.1. The first-order valence-corrected chi connectivity index (χ1v) is 26.5. The molecule has 0 radical (unpaired) electrons. The van der Waals surface area contributed by atoms with Crippen molar-refractivity contribution in [3.63, 3.8) is 0 Å². The van der Waals surface area contributed by atoms with Gasteiger partial charge < -0.3 is 27.9 Å². The van der Waals surface area contributed by atoms with Crippen LogP contribution >= 0.6 is 7.82 Å². The summed E-state index contributed by atoms with van der Waals surface area (Å²) in [5, 5.41) is 0. The van der Waals surface area contributed by atoms with Gasteiger partial charge >= 0.3 is 5.97 Å². The minimum atomic E-state index is -4.54. The number of carbonyl (C=O) groups excluding carboxylic acids is 1. The molecule has 8 nitrogen and oxygen atoms in total. The van der Waals surface area contributed by atoms with Crippen LogP contribution in [-0.4, -0.2) is 70.7 Å². The fourth-order valence-electron chi connectivity index (χ4n) is 6.71. The summed E-state index contributed by atoms with van der Waals surface area (Å²) in [5.41, 5.74) is 0. The van der Waals surface area contributed by atoms with Crippen molar-refractivity contribution < 1.29 is 37.3 Å². The van der Waals surface area contributed by atoms with Crippen LogP contribution in [0.2, 0.25) is 0 Å². The van der Waals surface area contributed by atoms with Crippen molar-refractivity contribution in [2.24, 2.45) is 0 Å². The second-order valence-electron chi connectivity index (χ2n) is 17.8. The highest BCUT2D eigenvalue weighted by molar-refractivity contribution is 7.45. The lowest BCUT2D eigenvalue weighted by molar-refractivity contribution is -0.870. The average molecular weight is 878 g/mol. The van der Waals surface area contributed by atoms with Gasteiger partial charge in [0.05, 0.1) is 34.4 Å². The van der Waals surface area contributed by atoms with Crippen LogP contribution in [0.25, 0.3) is 0 Å². The summed E-state index contributed by atoms with van der Waals surface area (Å²) in [6.07, 6.45) is 56.7. The van der Waals surface area contributed by atoms with Gasteiger partial charge in [0.1, 0.15) is 19.3 Å². The number of carbonyl (C=O) groups is 1. The van der Waals surface area contributed by atoms with Gasteiger partial charge in [-0.2, -0.15) is 0 Å². The number of quaternary nitrogens is 1. The van der Waals surface area contributed by atoms with E-state index in [2.05, 4.69) is 74.6 Å². The van der Waals surface area contributed by atoms with E-state index in [1.54, 1.807) is 0 Å². The first-order chi connectivity index (χ1) is 29.6. The number of likely N-dealkylation sites (N-methyl/N-ethyl adjacent to an activating group) is 1. The van der Waals surface area contributed by atoms with E-state index < -0.39 is 13.9 Å². The molecule has 61 heavy (non-hydrogen) atoms. The van der Waals surface area contributed by atoms with Crippen LogP contribution < -0.4 is 4.89 Å². The quantitative estimate of drug-likeness (QED) is 0.0198. The van der Waals surface area contributed by atoms with Gasteiger partial charge in [-0.3, -0.25) is 9.36 Å². The predicted octanol–water partition coefficient (Wildman–Crippen LogP) is 14.6. The van der Waals surface area contributed by atoms with Crippen LogP contribution in [-0.2, 0) is 27.9 Å². The molecule has 356 valence electrons. The molecule has 0 aliphatic rings. The number of allylic oxidation sites excluding steroid dienone is 10. The lowest BCUT2D eigenvalue weighted by Gasteiger charge is -2.28. The Morgan fingerprint density at radius 3 is 1.43 bits per heavy atom. The Bertz CT molecular complexity index is 1160. The largest absolute Gasteiger partial charge is 0.756 e. The van der Waals surface area contributed by atoms with Crippen LogP contribution in [0.15, 0.2) is 60.8 Å². The van der Waals surface area contributed by atoms with Crippen LogP contribution in [0.1, 0.15) is 206 Å². The normalized spacial score (nSPS) is 14.1.